The van der Waals surface area contributed by atoms with Gasteiger partial charge in [-0.1, -0.05) is 12.1 Å². The van der Waals surface area contributed by atoms with Crippen molar-refractivity contribution in [2.45, 2.75) is 13.8 Å². The summed E-state index contributed by atoms with van der Waals surface area (Å²) < 4.78 is 16.5. The lowest BCUT2D eigenvalue weighted by Gasteiger charge is -2.10. The van der Waals surface area contributed by atoms with Gasteiger partial charge in [0.1, 0.15) is 5.52 Å². The normalized spacial score (nSPS) is 10.8. The largest absolute Gasteiger partial charge is 0.493 e. The minimum Gasteiger partial charge on any atom is -0.493 e. The molecule has 0 fully saturated rings. The van der Waals surface area contributed by atoms with Gasteiger partial charge in [0.15, 0.2) is 17.1 Å². The van der Waals surface area contributed by atoms with Gasteiger partial charge >= 0.3 is 0 Å². The van der Waals surface area contributed by atoms with E-state index >= 15 is 0 Å². The molecule has 6 heteroatoms. The Morgan fingerprint density at radius 1 is 0.967 bits per heavy atom. The van der Waals surface area contributed by atoms with Gasteiger partial charge in [0.05, 0.1) is 14.2 Å². The quantitative estimate of drug-likeness (QED) is 0.485. The average molecular weight is 402 g/mol. The number of hydrogen-bond donors (Lipinski definition) is 1. The maximum atomic E-state index is 12.7. The van der Waals surface area contributed by atoms with E-state index in [0.29, 0.717) is 28.6 Å². The number of fused-ring (bicyclic) bond motifs is 1. The monoisotopic (exact) mass is 402 g/mol. The average Bonchev–Trinajstić information content (AvgIpc) is 3.18. The molecule has 4 aromatic rings. The van der Waals surface area contributed by atoms with Gasteiger partial charge in [0.2, 0.25) is 5.89 Å². The number of methoxy groups -OCH3 is 2. The van der Waals surface area contributed by atoms with E-state index in [2.05, 4.69) is 16.4 Å². The third kappa shape index (κ3) is 3.72. The van der Waals surface area contributed by atoms with Crippen LogP contribution in [0.25, 0.3) is 22.6 Å². The molecular weight excluding hydrogens is 380 g/mol. The van der Waals surface area contributed by atoms with Crippen LogP contribution in [0.1, 0.15) is 21.5 Å². The van der Waals surface area contributed by atoms with Crippen molar-refractivity contribution in [2.75, 3.05) is 19.5 Å². The highest BCUT2D eigenvalue weighted by Crippen LogP contribution is 2.30. The van der Waals surface area contributed by atoms with Crippen molar-refractivity contribution in [1.82, 2.24) is 4.98 Å². The van der Waals surface area contributed by atoms with E-state index in [1.54, 1.807) is 25.3 Å². The summed E-state index contributed by atoms with van der Waals surface area (Å²) in [5.74, 6) is 1.33. The molecule has 0 unspecified atom stereocenters. The molecule has 0 saturated heterocycles. The number of anilines is 1. The Morgan fingerprint density at radius 3 is 2.53 bits per heavy atom. The lowest BCUT2D eigenvalue weighted by atomic mass is 10.1. The van der Waals surface area contributed by atoms with E-state index in [-0.39, 0.29) is 5.91 Å². The predicted octanol–water partition coefficient (Wildman–Crippen LogP) is 5.38. The first-order valence-corrected chi connectivity index (χ1v) is 9.50. The summed E-state index contributed by atoms with van der Waals surface area (Å²) in [4.78, 5) is 17.3. The van der Waals surface area contributed by atoms with E-state index in [4.69, 9.17) is 13.9 Å². The standard InChI is InChI=1S/C24H22N2O4/c1-14-10-15(2)22-19(11-14)26-24(30-22)17-6-5-7-18(12-17)25-23(27)16-8-9-20(28-3)21(13-16)29-4/h5-13H,1-4H3,(H,25,27). The fraction of sp³-hybridized carbons (Fsp3) is 0.167. The third-order valence-electron chi connectivity index (χ3n) is 4.83. The zero-order valence-corrected chi connectivity index (χ0v) is 17.3. The van der Waals surface area contributed by atoms with Crippen molar-refractivity contribution < 1.29 is 18.7 Å². The molecule has 0 spiro atoms. The Balaban J connectivity index is 1.61. The maximum Gasteiger partial charge on any atom is 0.255 e. The van der Waals surface area contributed by atoms with Gasteiger partial charge in [-0.3, -0.25) is 4.79 Å². The van der Waals surface area contributed by atoms with Gasteiger partial charge in [0.25, 0.3) is 5.91 Å². The lowest BCUT2D eigenvalue weighted by molar-refractivity contribution is 0.102. The van der Waals surface area contributed by atoms with Crippen molar-refractivity contribution in [3.05, 3.63) is 71.3 Å². The highest BCUT2D eigenvalue weighted by atomic mass is 16.5. The number of oxazole rings is 1. The fourth-order valence-corrected chi connectivity index (χ4v) is 3.41. The van der Waals surface area contributed by atoms with E-state index in [0.717, 1.165) is 27.8 Å². The van der Waals surface area contributed by atoms with Crippen LogP contribution in [0.5, 0.6) is 11.5 Å². The Labute approximate surface area is 174 Å². The van der Waals surface area contributed by atoms with Crippen LogP contribution < -0.4 is 14.8 Å². The summed E-state index contributed by atoms with van der Waals surface area (Å²) >= 11 is 0. The van der Waals surface area contributed by atoms with Crippen LogP contribution in [-0.2, 0) is 0 Å². The Hall–Kier alpha value is -3.80. The van der Waals surface area contributed by atoms with Crippen molar-refractivity contribution in [3.8, 4) is 23.0 Å². The Bertz CT molecular complexity index is 1240. The minimum atomic E-state index is -0.253. The second kappa shape index (κ2) is 7.91. The second-order valence-electron chi connectivity index (χ2n) is 7.05. The van der Waals surface area contributed by atoms with Crippen LogP contribution in [0.4, 0.5) is 5.69 Å². The summed E-state index contributed by atoms with van der Waals surface area (Å²) in [5, 5.41) is 2.91. The lowest BCUT2D eigenvalue weighted by Crippen LogP contribution is -2.12. The van der Waals surface area contributed by atoms with Gasteiger partial charge in [-0.15, -0.1) is 0 Å². The zero-order valence-electron chi connectivity index (χ0n) is 17.3. The number of ether oxygens (including phenoxy) is 2. The van der Waals surface area contributed by atoms with Gasteiger partial charge in [-0.2, -0.15) is 0 Å². The van der Waals surface area contributed by atoms with Crippen LogP contribution >= 0.6 is 0 Å². The molecule has 0 bridgehead atoms. The van der Waals surface area contributed by atoms with Crippen LogP contribution in [0.3, 0.4) is 0 Å². The number of rotatable bonds is 5. The summed E-state index contributed by atoms with van der Waals surface area (Å²) in [6.07, 6.45) is 0. The molecule has 1 N–H and O–H groups in total. The van der Waals surface area contributed by atoms with Crippen molar-refractivity contribution in [1.29, 1.82) is 0 Å². The van der Waals surface area contributed by atoms with Crippen molar-refractivity contribution >= 4 is 22.7 Å². The first kappa shape index (κ1) is 19.5. The van der Waals surface area contributed by atoms with Crippen LogP contribution in [0.2, 0.25) is 0 Å². The molecule has 1 amide bonds. The number of carbonyl (C=O) groups is 1. The molecule has 0 radical (unpaired) electrons. The first-order chi connectivity index (χ1) is 14.5. The zero-order chi connectivity index (χ0) is 21.3. The number of nitrogens with one attached hydrogen (secondary N) is 1. The van der Waals surface area contributed by atoms with Gasteiger partial charge < -0.3 is 19.2 Å². The molecule has 0 aliphatic carbocycles. The van der Waals surface area contributed by atoms with Gasteiger partial charge in [-0.25, -0.2) is 4.98 Å². The highest BCUT2D eigenvalue weighted by molar-refractivity contribution is 6.05. The first-order valence-electron chi connectivity index (χ1n) is 9.50. The summed E-state index contributed by atoms with van der Waals surface area (Å²) in [6, 6.07) is 16.5. The molecule has 152 valence electrons. The maximum absolute atomic E-state index is 12.7. The molecule has 1 heterocycles. The number of aromatic nitrogens is 1. The summed E-state index contributed by atoms with van der Waals surface area (Å²) in [6.45, 7) is 4.04. The molecule has 0 aliphatic heterocycles. The molecule has 30 heavy (non-hydrogen) atoms. The number of hydrogen-bond acceptors (Lipinski definition) is 5. The number of benzene rings is 3. The van der Waals surface area contributed by atoms with Crippen LogP contribution in [0.15, 0.2) is 59.0 Å². The summed E-state index contributed by atoms with van der Waals surface area (Å²) in [5.41, 5.74) is 5.66. The number of carbonyl (C=O) groups excluding carboxylic acids is 1. The SMILES string of the molecule is COc1ccc(C(=O)Nc2cccc(-c3nc4cc(C)cc(C)c4o3)c2)cc1OC. The topological polar surface area (TPSA) is 73.6 Å². The number of aryl methyl sites for hydroxylation is 2. The van der Waals surface area contributed by atoms with Crippen molar-refractivity contribution in [2.24, 2.45) is 0 Å². The summed E-state index contributed by atoms with van der Waals surface area (Å²) in [7, 11) is 3.09. The second-order valence-corrected chi connectivity index (χ2v) is 7.05. The molecule has 4 rings (SSSR count). The van der Waals surface area contributed by atoms with E-state index in [1.165, 1.54) is 7.11 Å². The predicted molar refractivity (Wildman–Crippen MR) is 116 cm³/mol. The molecule has 1 aromatic heterocycles. The highest BCUT2D eigenvalue weighted by Gasteiger charge is 2.14. The van der Waals surface area contributed by atoms with Gasteiger partial charge in [-0.05, 0) is 67.4 Å². The van der Waals surface area contributed by atoms with Crippen LogP contribution in [-0.4, -0.2) is 25.1 Å². The van der Waals surface area contributed by atoms with E-state index in [1.807, 2.05) is 44.2 Å². The minimum absolute atomic E-state index is 0.253. The number of nitrogens with zero attached hydrogens (tertiary/aromatic N) is 1. The molecule has 0 saturated carbocycles. The van der Waals surface area contributed by atoms with E-state index < -0.39 is 0 Å². The fourth-order valence-electron chi connectivity index (χ4n) is 3.41. The van der Waals surface area contributed by atoms with Crippen molar-refractivity contribution in [3.63, 3.8) is 0 Å². The molecule has 0 atom stereocenters. The van der Waals surface area contributed by atoms with Gasteiger partial charge in [0, 0.05) is 16.8 Å². The Morgan fingerprint density at radius 2 is 1.77 bits per heavy atom. The molecule has 6 nitrogen and oxygen atoms in total. The third-order valence-corrected chi connectivity index (χ3v) is 4.83. The Kier molecular flexibility index (Phi) is 5.14. The van der Waals surface area contributed by atoms with E-state index in [9.17, 15) is 4.79 Å². The smallest absolute Gasteiger partial charge is 0.255 e. The molecular formula is C24H22N2O4. The van der Waals surface area contributed by atoms with Crippen LogP contribution in [0, 0.1) is 13.8 Å². The number of amides is 1. The molecule has 3 aromatic carbocycles. The molecule has 0 aliphatic rings.